The summed E-state index contributed by atoms with van der Waals surface area (Å²) in [5.74, 6) is 0.947. The number of nitrogens with one attached hydrogen (secondary N) is 1. The molecule has 0 aliphatic carbocycles. The van der Waals surface area contributed by atoms with E-state index in [1.807, 2.05) is 41.3 Å². The largest absolute Gasteiger partial charge is 0.496 e. The van der Waals surface area contributed by atoms with Crippen molar-refractivity contribution in [3.63, 3.8) is 0 Å². The van der Waals surface area contributed by atoms with Crippen molar-refractivity contribution in [2.75, 3.05) is 46.4 Å². The fourth-order valence-corrected chi connectivity index (χ4v) is 4.82. The summed E-state index contributed by atoms with van der Waals surface area (Å²) in [6, 6.07) is 11.5. The maximum Gasteiger partial charge on any atom is 0.254 e. The van der Waals surface area contributed by atoms with Crippen molar-refractivity contribution < 1.29 is 14.3 Å². The van der Waals surface area contributed by atoms with E-state index in [-0.39, 0.29) is 17.7 Å². The van der Waals surface area contributed by atoms with Crippen molar-refractivity contribution in [2.45, 2.75) is 32.1 Å². The monoisotopic (exact) mass is 423 g/mol. The molecule has 0 spiro atoms. The molecule has 2 amide bonds. The van der Waals surface area contributed by atoms with E-state index in [0.717, 1.165) is 48.9 Å². The summed E-state index contributed by atoms with van der Waals surface area (Å²) in [4.78, 5) is 30.1. The van der Waals surface area contributed by atoms with E-state index < -0.39 is 0 Å². The summed E-state index contributed by atoms with van der Waals surface area (Å²) < 4.78 is 5.45. The number of nitrogens with zero attached hydrogens (tertiary/aromatic N) is 2. The molecule has 6 nitrogen and oxygen atoms in total. The highest BCUT2D eigenvalue weighted by molar-refractivity contribution is 6.08. The summed E-state index contributed by atoms with van der Waals surface area (Å²) in [5, 5.41) is 4.96. The number of carbonyl (C=O) groups excluding carboxylic acids is 2. The highest BCUT2D eigenvalue weighted by Crippen LogP contribution is 2.30. The molecule has 0 unspecified atom stereocenters. The van der Waals surface area contributed by atoms with Crippen LogP contribution < -0.4 is 10.1 Å². The lowest BCUT2D eigenvalue weighted by atomic mass is 9.94. The zero-order valence-corrected chi connectivity index (χ0v) is 18.4. The predicted molar refractivity (Wildman–Crippen MR) is 122 cm³/mol. The van der Waals surface area contributed by atoms with E-state index in [0.29, 0.717) is 18.7 Å². The molecule has 0 aromatic heterocycles. The van der Waals surface area contributed by atoms with Crippen LogP contribution in [0.2, 0.25) is 0 Å². The molecule has 4 rings (SSSR count). The van der Waals surface area contributed by atoms with Gasteiger partial charge in [-0.3, -0.25) is 9.59 Å². The normalized spacial score (nSPS) is 17.8. The smallest absolute Gasteiger partial charge is 0.254 e. The topological polar surface area (TPSA) is 61.9 Å². The molecule has 2 aromatic rings. The molecule has 2 fully saturated rings. The molecule has 0 bridgehead atoms. The molecule has 2 aliphatic rings. The van der Waals surface area contributed by atoms with Crippen molar-refractivity contribution in [3.05, 3.63) is 42.0 Å². The Morgan fingerprint density at radius 3 is 2.42 bits per heavy atom. The van der Waals surface area contributed by atoms with E-state index >= 15 is 0 Å². The first-order valence-corrected chi connectivity index (χ1v) is 11.5. The van der Waals surface area contributed by atoms with Gasteiger partial charge in [0.05, 0.1) is 7.11 Å². The number of hydrogen-bond donors (Lipinski definition) is 1. The Balaban J connectivity index is 1.29. The molecule has 0 radical (unpaired) electrons. The molecule has 1 N–H and O–H groups in total. The Morgan fingerprint density at radius 1 is 1.00 bits per heavy atom. The number of methoxy groups -OCH3 is 1. The summed E-state index contributed by atoms with van der Waals surface area (Å²) in [5.41, 5.74) is 0.696. The fraction of sp³-hybridized carbons (Fsp3) is 0.520. The number of carbonyl (C=O) groups is 2. The van der Waals surface area contributed by atoms with Crippen LogP contribution in [0.25, 0.3) is 10.8 Å². The van der Waals surface area contributed by atoms with Gasteiger partial charge in [-0.15, -0.1) is 0 Å². The maximum absolute atomic E-state index is 13.2. The average Bonchev–Trinajstić information content (AvgIpc) is 3.34. The van der Waals surface area contributed by atoms with Crippen LogP contribution in [-0.2, 0) is 4.79 Å². The van der Waals surface area contributed by atoms with Crippen LogP contribution in [0, 0.1) is 5.92 Å². The van der Waals surface area contributed by atoms with Crippen LogP contribution in [0.3, 0.4) is 0 Å². The number of hydrogen-bond acceptors (Lipinski definition) is 4. The molecular weight excluding hydrogens is 390 g/mol. The van der Waals surface area contributed by atoms with Gasteiger partial charge in [-0.1, -0.05) is 24.3 Å². The first kappa shape index (κ1) is 21.6. The minimum atomic E-state index is 0.00319. The first-order valence-electron chi connectivity index (χ1n) is 11.5. The SMILES string of the molecule is COc1ccc(C(=O)N2CCC(C(=O)NCCCN3CCCC3)CC2)c2ccccc12. The van der Waals surface area contributed by atoms with Crippen molar-refractivity contribution in [3.8, 4) is 5.75 Å². The van der Waals surface area contributed by atoms with E-state index in [1.165, 1.54) is 25.9 Å². The van der Waals surface area contributed by atoms with Crippen molar-refractivity contribution in [1.29, 1.82) is 0 Å². The number of likely N-dealkylation sites (tertiary alicyclic amines) is 2. The molecule has 31 heavy (non-hydrogen) atoms. The zero-order valence-electron chi connectivity index (χ0n) is 18.4. The number of amides is 2. The Kier molecular flexibility index (Phi) is 7.07. The number of fused-ring (bicyclic) bond motifs is 1. The fourth-order valence-electron chi connectivity index (χ4n) is 4.82. The summed E-state index contributed by atoms with van der Waals surface area (Å²) >= 11 is 0. The maximum atomic E-state index is 13.2. The van der Waals surface area contributed by atoms with Gasteiger partial charge in [0.15, 0.2) is 0 Å². The van der Waals surface area contributed by atoms with Gasteiger partial charge in [0.25, 0.3) is 5.91 Å². The van der Waals surface area contributed by atoms with Gasteiger partial charge in [0.2, 0.25) is 5.91 Å². The average molecular weight is 424 g/mol. The van der Waals surface area contributed by atoms with Gasteiger partial charge in [0.1, 0.15) is 5.75 Å². The summed E-state index contributed by atoms with van der Waals surface area (Å²) in [6.07, 6.45) is 5.05. The highest BCUT2D eigenvalue weighted by Gasteiger charge is 2.28. The molecule has 0 atom stereocenters. The second-order valence-electron chi connectivity index (χ2n) is 8.62. The molecule has 166 valence electrons. The second kappa shape index (κ2) is 10.1. The molecule has 2 aromatic carbocycles. The number of rotatable bonds is 7. The van der Waals surface area contributed by atoms with E-state index in [2.05, 4.69) is 10.2 Å². The third-order valence-corrected chi connectivity index (χ3v) is 6.64. The first-order chi connectivity index (χ1) is 15.2. The van der Waals surface area contributed by atoms with Crippen molar-refractivity contribution in [2.24, 2.45) is 5.92 Å². The van der Waals surface area contributed by atoms with Gasteiger partial charge in [-0.05, 0) is 69.3 Å². The van der Waals surface area contributed by atoms with Crippen molar-refractivity contribution in [1.82, 2.24) is 15.1 Å². The Labute approximate surface area is 184 Å². The molecular formula is C25H33N3O3. The summed E-state index contributed by atoms with van der Waals surface area (Å²) in [6.45, 7) is 5.44. The second-order valence-corrected chi connectivity index (χ2v) is 8.62. The van der Waals surface area contributed by atoms with Crippen LogP contribution in [0.15, 0.2) is 36.4 Å². The Morgan fingerprint density at radius 2 is 1.71 bits per heavy atom. The predicted octanol–water partition coefficient (Wildman–Crippen LogP) is 3.30. The molecule has 6 heteroatoms. The molecule has 2 saturated heterocycles. The Bertz CT molecular complexity index is 915. The number of benzene rings is 2. The van der Waals surface area contributed by atoms with Crippen LogP contribution >= 0.6 is 0 Å². The van der Waals surface area contributed by atoms with Crippen LogP contribution in [0.5, 0.6) is 5.75 Å². The van der Waals surface area contributed by atoms with Gasteiger partial charge < -0.3 is 19.9 Å². The minimum absolute atomic E-state index is 0.00319. The molecule has 2 aliphatic heterocycles. The van der Waals surface area contributed by atoms with Gasteiger partial charge in [0, 0.05) is 36.5 Å². The van der Waals surface area contributed by atoms with Crippen LogP contribution in [-0.4, -0.2) is 68.0 Å². The number of piperidine rings is 1. The van der Waals surface area contributed by atoms with Gasteiger partial charge >= 0.3 is 0 Å². The van der Waals surface area contributed by atoms with Crippen LogP contribution in [0.4, 0.5) is 0 Å². The van der Waals surface area contributed by atoms with Gasteiger partial charge in [-0.25, -0.2) is 0 Å². The summed E-state index contributed by atoms with van der Waals surface area (Å²) in [7, 11) is 1.64. The zero-order chi connectivity index (χ0) is 21.6. The number of ether oxygens (including phenoxy) is 1. The lowest BCUT2D eigenvalue weighted by Crippen LogP contribution is -2.43. The van der Waals surface area contributed by atoms with E-state index in [1.54, 1.807) is 7.11 Å². The van der Waals surface area contributed by atoms with E-state index in [9.17, 15) is 9.59 Å². The minimum Gasteiger partial charge on any atom is -0.496 e. The standard InChI is InChI=1S/C25H33N3O3/c1-31-23-10-9-22(20-7-2-3-8-21(20)23)25(30)28-17-11-19(12-18-28)24(29)26-13-6-16-27-14-4-5-15-27/h2-3,7-10,19H,4-6,11-18H2,1H3,(H,26,29). The Hall–Kier alpha value is -2.60. The van der Waals surface area contributed by atoms with Gasteiger partial charge in [-0.2, -0.15) is 0 Å². The highest BCUT2D eigenvalue weighted by atomic mass is 16.5. The van der Waals surface area contributed by atoms with E-state index in [4.69, 9.17) is 4.74 Å². The molecule has 0 saturated carbocycles. The van der Waals surface area contributed by atoms with Crippen LogP contribution in [0.1, 0.15) is 42.5 Å². The molecule has 2 heterocycles. The lowest BCUT2D eigenvalue weighted by Gasteiger charge is -2.31. The quantitative estimate of drug-likeness (QED) is 0.694. The third kappa shape index (κ3) is 5.01. The lowest BCUT2D eigenvalue weighted by molar-refractivity contribution is -0.126. The van der Waals surface area contributed by atoms with Crippen molar-refractivity contribution >= 4 is 22.6 Å². The third-order valence-electron chi connectivity index (χ3n) is 6.64.